The SMILES string of the molecule is CC1(CN)CCN(C(=O)c2n[nH]c3ccc([N+](=O)[O-])cc23)C1. The van der Waals surface area contributed by atoms with Crippen molar-refractivity contribution in [3.63, 3.8) is 0 Å². The molecule has 1 amide bonds. The Balaban J connectivity index is 1.95. The summed E-state index contributed by atoms with van der Waals surface area (Å²) in [6.07, 6.45) is 0.845. The van der Waals surface area contributed by atoms with Gasteiger partial charge in [0, 0.05) is 30.6 Å². The molecular weight excluding hydrogens is 286 g/mol. The van der Waals surface area contributed by atoms with Gasteiger partial charge in [-0.1, -0.05) is 6.92 Å². The first-order valence-corrected chi connectivity index (χ1v) is 7.05. The second kappa shape index (κ2) is 5.06. The van der Waals surface area contributed by atoms with Crippen LogP contribution in [0, 0.1) is 15.5 Å². The van der Waals surface area contributed by atoms with Crippen LogP contribution in [0.4, 0.5) is 5.69 Å². The topological polar surface area (TPSA) is 118 Å². The molecule has 1 unspecified atom stereocenters. The van der Waals surface area contributed by atoms with E-state index in [0.29, 0.717) is 30.5 Å². The van der Waals surface area contributed by atoms with Crippen LogP contribution in [0.1, 0.15) is 23.8 Å². The number of H-pyrrole nitrogens is 1. The lowest BCUT2D eigenvalue weighted by molar-refractivity contribution is -0.384. The smallest absolute Gasteiger partial charge is 0.275 e. The number of rotatable bonds is 3. The van der Waals surface area contributed by atoms with E-state index in [4.69, 9.17) is 5.73 Å². The van der Waals surface area contributed by atoms with Crippen molar-refractivity contribution < 1.29 is 9.72 Å². The quantitative estimate of drug-likeness (QED) is 0.654. The lowest BCUT2D eigenvalue weighted by Crippen LogP contribution is -2.34. The fourth-order valence-corrected chi connectivity index (χ4v) is 2.79. The third kappa shape index (κ3) is 2.31. The largest absolute Gasteiger partial charge is 0.337 e. The maximum absolute atomic E-state index is 12.6. The first kappa shape index (κ1) is 14.5. The van der Waals surface area contributed by atoms with Gasteiger partial charge >= 0.3 is 0 Å². The highest BCUT2D eigenvalue weighted by atomic mass is 16.6. The summed E-state index contributed by atoms with van der Waals surface area (Å²) in [6.45, 7) is 3.76. The van der Waals surface area contributed by atoms with Gasteiger partial charge in [-0.3, -0.25) is 20.0 Å². The zero-order valence-electron chi connectivity index (χ0n) is 12.2. The molecular formula is C14H17N5O3. The maximum Gasteiger partial charge on any atom is 0.275 e. The first-order chi connectivity index (χ1) is 10.4. The second-order valence-corrected chi connectivity index (χ2v) is 6.05. The number of nitrogens with zero attached hydrogens (tertiary/aromatic N) is 3. The third-order valence-electron chi connectivity index (χ3n) is 4.30. The van der Waals surface area contributed by atoms with Crippen molar-refractivity contribution in [2.75, 3.05) is 19.6 Å². The van der Waals surface area contributed by atoms with Crippen molar-refractivity contribution in [3.8, 4) is 0 Å². The van der Waals surface area contributed by atoms with E-state index in [1.807, 2.05) is 6.92 Å². The molecule has 3 N–H and O–H groups in total. The number of non-ortho nitro benzene ring substituents is 1. The third-order valence-corrected chi connectivity index (χ3v) is 4.30. The van der Waals surface area contributed by atoms with Gasteiger partial charge < -0.3 is 10.6 Å². The van der Waals surface area contributed by atoms with Crippen molar-refractivity contribution >= 4 is 22.5 Å². The standard InChI is InChI=1S/C14H17N5O3/c1-14(7-15)4-5-18(8-14)13(20)12-10-6-9(19(21)22)2-3-11(10)16-17-12/h2-3,6H,4-5,7-8,15H2,1H3,(H,16,17). The molecule has 1 atom stereocenters. The summed E-state index contributed by atoms with van der Waals surface area (Å²) in [5, 5.41) is 18.2. The zero-order valence-corrected chi connectivity index (χ0v) is 12.2. The minimum absolute atomic E-state index is 0.0591. The molecule has 2 heterocycles. The Labute approximate surface area is 126 Å². The molecule has 22 heavy (non-hydrogen) atoms. The number of hydrogen-bond donors (Lipinski definition) is 2. The van der Waals surface area contributed by atoms with Gasteiger partial charge in [-0.2, -0.15) is 5.10 Å². The van der Waals surface area contributed by atoms with E-state index in [1.54, 1.807) is 11.0 Å². The lowest BCUT2D eigenvalue weighted by Gasteiger charge is -2.22. The van der Waals surface area contributed by atoms with Gasteiger partial charge in [-0.15, -0.1) is 0 Å². The molecule has 8 nitrogen and oxygen atoms in total. The Morgan fingerprint density at radius 1 is 1.59 bits per heavy atom. The summed E-state index contributed by atoms with van der Waals surface area (Å²) in [5.74, 6) is -0.219. The minimum Gasteiger partial charge on any atom is -0.337 e. The van der Waals surface area contributed by atoms with Crippen LogP contribution in [-0.4, -0.2) is 45.6 Å². The number of fused-ring (bicyclic) bond motifs is 1. The van der Waals surface area contributed by atoms with Gasteiger partial charge in [0.05, 0.1) is 10.4 Å². The molecule has 1 aliphatic heterocycles. The van der Waals surface area contributed by atoms with Crippen LogP contribution in [-0.2, 0) is 0 Å². The number of amides is 1. The fraction of sp³-hybridized carbons (Fsp3) is 0.429. The average molecular weight is 303 g/mol. The Bertz CT molecular complexity index is 756. The highest BCUT2D eigenvalue weighted by Crippen LogP contribution is 2.30. The van der Waals surface area contributed by atoms with E-state index < -0.39 is 4.92 Å². The molecule has 1 aromatic heterocycles. The second-order valence-electron chi connectivity index (χ2n) is 6.05. The molecule has 1 aliphatic rings. The van der Waals surface area contributed by atoms with E-state index in [0.717, 1.165) is 6.42 Å². The van der Waals surface area contributed by atoms with Crippen LogP contribution >= 0.6 is 0 Å². The molecule has 3 rings (SSSR count). The summed E-state index contributed by atoms with van der Waals surface area (Å²) >= 11 is 0. The Morgan fingerprint density at radius 2 is 2.36 bits per heavy atom. The maximum atomic E-state index is 12.6. The fourth-order valence-electron chi connectivity index (χ4n) is 2.79. The predicted molar refractivity (Wildman–Crippen MR) is 80.4 cm³/mol. The Hall–Kier alpha value is -2.48. The number of carbonyl (C=O) groups is 1. The molecule has 0 bridgehead atoms. The van der Waals surface area contributed by atoms with Crippen molar-refractivity contribution in [2.24, 2.45) is 11.1 Å². The molecule has 0 aliphatic carbocycles. The van der Waals surface area contributed by atoms with Crippen LogP contribution in [0.2, 0.25) is 0 Å². The van der Waals surface area contributed by atoms with Gasteiger partial charge in [-0.05, 0) is 24.4 Å². The molecule has 8 heteroatoms. The van der Waals surface area contributed by atoms with Crippen LogP contribution in [0.3, 0.4) is 0 Å². The number of aromatic nitrogens is 2. The number of carbonyl (C=O) groups excluding carboxylic acids is 1. The van der Waals surface area contributed by atoms with E-state index in [1.165, 1.54) is 12.1 Å². The van der Waals surface area contributed by atoms with Crippen LogP contribution in [0.5, 0.6) is 0 Å². The number of aromatic amines is 1. The van der Waals surface area contributed by atoms with Crippen molar-refractivity contribution in [2.45, 2.75) is 13.3 Å². The number of nitro benzene ring substituents is 1. The Morgan fingerprint density at radius 3 is 3.00 bits per heavy atom. The van der Waals surface area contributed by atoms with Gasteiger partial charge in [0.25, 0.3) is 11.6 Å². The van der Waals surface area contributed by atoms with Gasteiger partial charge in [0.15, 0.2) is 5.69 Å². The number of hydrogen-bond acceptors (Lipinski definition) is 5. The first-order valence-electron chi connectivity index (χ1n) is 7.05. The predicted octanol–water partition coefficient (Wildman–Crippen LogP) is 1.28. The normalized spacial score (nSPS) is 21.5. The number of likely N-dealkylation sites (tertiary alicyclic amines) is 1. The molecule has 1 fully saturated rings. The summed E-state index contributed by atoms with van der Waals surface area (Å²) < 4.78 is 0. The van der Waals surface area contributed by atoms with Crippen LogP contribution in [0.15, 0.2) is 18.2 Å². The average Bonchev–Trinajstić information content (AvgIpc) is 3.10. The van der Waals surface area contributed by atoms with Crippen molar-refractivity contribution in [1.82, 2.24) is 15.1 Å². The molecule has 2 aromatic rings. The minimum atomic E-state index is -0.484. The number of benzene rings is 1. The molecule has 0 spiro atoms. The monoisotopic (exact) mass is 303 g/mol. The molecule has 0 radical (unpaired) electrons. The number of nitro groups is 1. The molecule has 116 valence electrons. The van der Waals surface area contributed by atoms with Crippen molar-refractivity contribution in [1.29, 1.82) is 0 Å². The summed E-state index contributed by atoms with van der Waals surface area (Å²) in [4.78, 5) is 24.8. The van der Waals surface area contributed by atoms with Crippen molar-refractivity contribution in [3.05, 3.63) is 34.0 Å². The highest BCUT2D eigenvalue weighted by Gasteiger charge is 2.36. The van der Waals surface area contributed by atoms with Gasteiger partial charge in [0.2, 0.25) is 0 Å². The van der Waals surface area contributed by atoms with Gasteiger partial charge in [0.1, 0.15) is 0 Å². The van der Waals surface area contributed by atoms with Crippen LogP contribution < -0.4 is 5.73 Å². The number of nitrogens with one attached hydrogen (secondary N) is 1. The Kier molecular flexibility index (Phi) is 3.32. The molecule has 1 saturated heterocycles. The van der Waals surface area contributed by atoms with E-state index in [9.17, 15) is 14.9 Å². The summed E-state index contributed by atoms with van der Waals surface area (Å²) in [7, 11) is 0. The van der Waals surface area contributed by atoms with E-state index in [-0.39, 0.29) is 22.7 Å². The highest BCUT2D eigenvalue weighted by molar-refractivity contribution is 6.05. The van der Waals surface area contributed by atoms with Crippen LogP contribution in [0.25, 0.3) is 10.9 Å². The number of nitrogens with two attached hydrogens (primary N) is 1. The summed E-state index contributed by atoms with van der Waals surface area (Å²) in [5.41, 5.74) is 6.45. The van der Waals surface area contributed by atoms with E-state index in [2.05, 4.69) is 10.2 Å². The molecule has 1 aromatic carbocycles. The van der Waals surface area contributed by atoms with Gasteiger partial charge in [-0.25, -0.2) is 0 Å². The summed E-state index contributed by atoms with van der Waals surface area (Å²) in [6, 6.07) is 4.33. The van der Waals surface area contributed by atoms with E-state index >= 15 is 0 Å². The lowest BCUT2D eigenvalue weighted by atomic mass is 9.90. The molecule has 0 saturated carbocycles. The zero-order chi connectivity index (χ0) is 15.9.